The highest BCUT2D eigenvalue weighted by atomic mass is 15.0. The fourth-order valence-corrected chi connectivity index (χ4v) is 7.00. The van der Waals surface area contributed by atoms with Crippen molar-refractivity contribution in [1.82, 2.24) is 15.0 Å². The molecule has 0 bridgehead atoms. The first kappa shape index (κ1) is 23.8. The van der Waals surface area contributed by atoms with E-state index < -0.39 is 5.41 Å². The fraction of sp³-hybridized carbons (Fsp3) is 0.0250. The van der Waals surface area contributed by atoms with E-state index in [0.717, 1.165) is 22.3 Å². The van der Waals surface area contributed by atoms with E-state index in [9.17, 15) is 0 Å². The van der Waals surface area contributed by atoms with Gasteiger partial charge in [0.15, 0.2) is 17.5 Å². The molecule has 43 heavy (non-hydrogen) atoms. The van der Waals surface area contributed by atoms with Crippen molar-refractivity contribution in [1.29, 1.82) is 0 Å². The van der Waals surface area contributed by atoms with Crippen LogP contribution in [0.25, 0.3) is 56.4 Å². The summed E-state index contributed by atoms with van der Waals surface area (Å²) in [5, 5.41) is 0. The molecule has 0 atom stereocenters. The summed E-state index contributed by atoms with van der Waals surface area (Å²) in [5.74, 6) is 1.85. The van der Waals surface area contributed by atoms with Crippen molar-refractivity contribution in [3.05, 3.63) is 174 Å². The minimum Gasteiger partial charge on any atom is -0.208 e. The predicted molar refractivity (Wildman–Crippen MR) is 170 cm³/mol. The fourth-order valence-electron chi connectivity index (χ4n) is 7.00. The van der Waals surface area contributed by atoms with Crippen molar-refractivity contribution >= 4 is 0 Å². The minimum atomic E-state index is -0.461. The van der Waals surface area contributed by atoms with E-state index in [1.807, 2.05) is 60.7 Å². The second-order valence-corrected chi connectivity index (χ2v) is 11.0. The van der Waals surface area contributed by atoms with Crippen LogP contribution in [0.1, 0.15) is 22.3 Å². The van der Waals surface area contributed by atoms with Crippen molar-refractivity contribution in [3.63, 3.8) is 0 Å². The standard InChI is InChI=1S/C40H23N3/c1-3-13-26(14-4-1)37-41-38(27-15-5-2-6-16-27)43-39(42-37)28-23-24-32-31-19-9-12-22-35(31)40(36(32)25-28)33-20-10-7-17-29(33)30-18-8-11-21-34(30)40/h1-22,25H. The molecule has 0 saturated heterocycles. The number of hydrogen-bond donors (Lipinski definition) is 0. The summed E-state index contributed by atoms with van der Waals surface area (Å²) in [4.78, 5) is 14.9. The van der Waals surface area contributed by atoms with Crippen molar-refractivity contribution in [2.24, 2.45) is 0 Å². The van der Waals surface area contributed by atoms with Crippen molar-refractivity contribution in [2.45, 2.75) is 5.41 Å². The van der Waals surface area contributed by atoms with Crippen molar-refractivity contribution in [3.8, 4) is 56.4 Å². The molecule has 0 amide bonds. The Hall–Kier alpha value is -5.85. The molecule has 3 nitrogen and oxygen atoms in total. The topological polar surface area (TPSA) is 38.7 Å². The lowest BCUT2D eigenvalue weighted by Crippen LogP contribution is -2.25. The lowest BCUT2D eigenvalue weighted by Gasteiger charge is -2.30. The molecule has 0 fully saturated rings. The van der Waals surface area contributed by atoms with Gasteiger partial charge in [-0.15, -0.1) is 0 Å². The van der Waals surface area contributed by atoms with Crippen LogP contribution in [-0.4, -0.2) is 15.0 Å². The third kappa shape index (κ3) is 3.35. The van der Waals surface area contributed by atoms with Gasteiger partial charge in [0.25, 0.3) is 0 Å². The molecule has 2 aliphatic rings. The second-order valence-electron chi connectivity index (χ2n) is 11.0. The number of benzene rings is 5. The number of hydrogen-bond acceptors (Lipinski definition) is 3. The Morgan fingerprint density at radius 2 is 0.837 bits per heavy atom. The molecule has 198 valence electrons. The maximum atomic E-state index is 5.00. The molecule has 9 rings (SSSR count). The summed E-state index contributed by atoms with van der Waals surface area (Å²) in [6, 6.07) is 55.8. The summed E-state index contributed by atoms with van der Waals surface area (Å²) in [7, 11) is 0. The molecule has 0 saturated carbocycles. The Morgan fingerprint density at radius 3 is 1.40 bits per heavy atom. The lowest BCUT2D eigenvalue weighted by molar-refractivity contribution is 0.794. The van der Waals surface area contributed by atoms with Gasteiger partial charge in [0.1, 0.15) is 0 Å². The highest BCUT2D eigenvalue weighted by Gasteiger charge is 2.51. The molecule has 1 aromatic heterocycles. The van der Waals surface area contributed by atoms with E-state index in [2.05, 4.69) is 91.0 Å². The smallest absolute Gasteiger partial charge is 0.172 e. The summed E-state index contributed by atoms with van der Waals surface area (Å²) >= 11 is 0. The van der Waals surface area contributed by atoms with E-state index in [1.54, 1.807) is 0 Å². The van der Waals surface area contributed by atoms with Crippen LogP contribution in [0, 0.1) is 12.1 Å². The minimum absolute atomic E-state index is 0.461. The second kappa shape index (κ2) is 9.08. The van der Waals surface area contributed by atoms with E-state index in [-0.39, 0.29) is 0 Å². The maximum Gasteiger partial charge on any atom is 0.172 e. The van der Waals surface area contributed by atoms with Gasteiger partial charge < -0.3 is 0 Å². The quantitative estimate of drug-likeness (QED) is 0.223. The number of nitrogens with zero attached hydrogens (tertiary/aromatic N) is 3. The van der Waals surface area contributed by atoms with Crippen molar-refractivity contribution < 1.29 is 0 Å². The average Bonchev–Trinajstić information content (AvgIpc) is 3.56. The van der Waals surface area contributed by atoms with Gasteiger partial charge in [-0.05, 0) is 45.0 Å². The zero-order valence-corrected chi connectivity index (χ0v) is 23.1. The Kier molecular flexibility index (Phi) is 5.03. The van der Waals surface area contributed by atoms with Gasteiger partial charge in [-0.25, -0.2) is 15.0 Å². The van der Waals surface area contributed by atoms with Gasteiger partial charge in [-0.2, -0.15) is 0 Å². The highest BCUT2D eigenvalue weighted by Crippen LogP contribution is 2.62. The first-order valence-corrected chi connectivity index (χ1v) is 14.5. The lowest BCUT2D eigenvalue weighted by atomic mass is 9.70. The van der Waals surface area contributed by atoms with E-state index in [4.69, 9.17) is 15.0 Å². The van der Waals surface area contributed by atoms with Gasteiger partial charge in [0.05, 0.1) is 11.0 Å². The predicted octanol–water partition coefficient (Wildman–Crippen LogP) is 8.82. The van der Waals surface area contributed by atoms with Crippen LogP contribution in [0.15, 0.2) is 140 Å². The molecule has 0 unspecified atom stereocenters. The van der Waals surface area contributed by atoms with E-state index in [1.165, 1.54) is 38.9 Å². The molecule has 3 heteroatoms. The third-order valence-electron chi connectivity index (χ3n) is 8.78. The summed E-state index contributed by atoms with van der Waals surface area (Å²) < 4.78 is 0. The normalized spacial score (nSPS) is 13.1. The summed E-state index contributed by atoms with van der Waals surface area (Å²) in [6.07, 6.45) is 0. The summed E-state index contributed by atoms with van der Waals surface area (Å²) in [6.45, 7) is 0. The van der Waals surface area contributed by atoms with Gasteiger partial charge in [0, 0.05) is 16.7 Å². The van der Waals surface area contributed by atoms with Crippen LogP contribution < -0.4 is 0 Å². The van der Waals surface area contributed by atoms with Crippen LogP contribution in [0.3, 0.4) is 0 Å². The van der Waals surface area contributed by atoms with Gasteiger partial charge in [0.2, 0.25) is 0 Å². The number of aromatic nitrogens is 3. The van der Waals surface area contributed by atoms with E-state index >= 15 is 0 Å². The molecule has 7 aromatic rings. The van der Waals surface area contributed by atoms with Gasteiger partial charge >= 0.3 is 0 Å². The largest absolute Gasteiger partial charge is 0.208 e. The molecule has 1 heterocycles. The first-order chi connectivity index (χ1) is 21.3. The molecule has 1 spiro atoms. The van der Waals surface area contributed by atoms with Crippen LogP contribution in [0.4, 0.5) is 0 Å². The molecular formula is C40H23N3. The molecule has 2 aliphatic carbocycles. The average molecular weight is 546 g/mol. The van der Waals surface area contributed by atoms with Crippen LogP contribution in [-0.2, 0) is 5.41 Å². The molecular weight excluding hydrogens is 522 g/mol. The Bertz CT molecular complexity index is 2060. The van der Waals surface area contributed by atoms with Crippen LogP contribution in [0.5, 0.6) is 0 Å². The zero-order chi connectivity index (χ0) is 28.4. The van der Waals surface area contributed by atoms with E-state index in [0.29, 0.717) is 17.5 Å². The first-order valence-electron chi connectivity index (χ1n) is 14.5. The zero-order valence-electron chi connectivity index (χ0n) is 23.1. The molecule has 0 N–H and O–H groups in total. The third-order valence-corrected chi connectivity index (χ3v) is 8.78. The number of fused-ring (bicyclic) bond motifs is 10. The number of rotatable bonds is 3. The summed E-state index contributed by atoms with van der Waals surface area (Å²) in [5.41, 5.74) is 12.1. The SMILES string of the molecule is c1c(-c2nc(-c3ccccc3)nc(-c3ccccc3)n2)cc2c(c#1)-c1ccccc1C21c2ccccc2-c2ccccc21. The Labute approximate surface area is 250 Å². The van der Waals surface area contributed by atoms with Gasteiger partial charge in [-0.1, -0.05) is 146 Å². The highest BCUT2D eigenvalue weighted by molar-refractivity contribution is 5.95. The molecule has 6 aromatic carbocycles. The Balaban J connectivity index is 1.32. The monoisotopic (exact) mass is 545 g/mol. The van der Waals surface area contributed by atoms with Crippen LogP contribution >= 0.6 is 0 Å². The molecule has 0 aliphatic heterocycles. The van der Waals surface area contributed by atoms with Crippen LogP contribution in [0.2, 0.25) is 0 Å². The maximum absolute atomic E-state index is 5.00. The van der Waals surface area contributed by atoms with Crippen molar-refractivity contribution in [2.75, 3.05) is 0 Å². The van der Waals surface area contributed by atoms with Gasteiger partial charge in [-0.3, -0.25) is 0 Å². The molecule has 0 radical (unpaired) electrons. The Morgan fingerprint density at radius 1 is 0.395 bits per heavy atom.